The van der Waals surface area contributed by atoms with Crippen LogP contribution in [0.25, 0.3) is 0 Å². The van der Waals surface area contributed by atoms with Crippen LogP contribution in [0.3, 0.4) is 0 Å². The molecule has 0 aliphatic heterocycles. The van der Waals surface area contributed by atoms with Gasteiger partial charge in [-0.3, -0.25) is 0 Å². The molecule has 22 heavy (non-hydrogen) atoms. The van der Waals surface area contributed by atoms with E-state index in [2.05, 4.69) is 39.4 Å². The van der Waals surface area contributed by atoms with E-state index < -0.39 is 0 Å². The molecule has 2 aromatic rings. The first-order chi connectivity index (χ1) is 10.7. The van der Waals surface area contributed by atoms with E-state index in [0.29, 0.717) is 25.0 Å². The minimum absolute atomic E-state index is 0.160. The maximum atomic E-state index is 5.91. The smallest absolute Gasteiger partial charge is 0.229 e. The van der Waals surface area contributed by atoms with Crippen LogP contribution in [0.1, 0.15) is 20.3 Å². The maximum absolute atomic E-state index is 5.91. The van der Waals surface area contributed by atoms with E-state index in [0.717, 1.165) is 12.2 Å². The van der Waals surface area contributed by atoms with Crippen LogP contribution in [0.4, 0.5) is 11.9 Å². The summed E-state index contributed by atoms with van der Waals surface area (Å²) in [6, 6.07) is 9.90. The Morgan fingerprint density at radius 2 is 1.86 bits per heavy atom. The lowest BCUT2D eigenvalue weighted by Gasteiger charge is -2.12. The predicted octanol–water partition coefficient (Wildman–Crippen LogP) is 3.23. The zero-order valence-corrected chi connectivity index (χ0v) is 13.5. The molecule has 1 aromatic carbocycles. The molecule has 0 spiro atoms. The lowest BCUT2D eigenvalue weighted by atomic mass is 10.3. The predicted molar refractivity (Wildman–Crippen MR) is 88.6 cm³/mol. The van der Waals surface area contributed by atoms with Crippen molar-refractivity contribution in [3.63, 3.8) is 0 Å². The van der Waals surface area contributed by atoms with Gasteiger partial charge in [0, 0.05) is 6.04 Å². The molecule has 7 heteroatoms. The van der Waals surface area contributed by atoms with Gasteiger partial charge < -0.3 is 15.4 Å². The van der Waals surface area contributed by atoms with Crippen molar-refractivity contribution in [2.45, 2.75) is 26.3 Å². The first-order valence-electron chi connectivity index (χ1n) is 7.27. The molecule has 118 valence electrons. The SMILES string of the molecule is CC[C@@H](C)Nc1nc(Cl)nc(NCCOc2ccccc2)n1. The highest BCUT2D eigenvalue weighted by atomic mass is 35.5. The summed E-state index contributed by atoms with van der Waals surface area (Å²) in [5.74, 6) is 1.74. The fourth-order valence-corrected chi connectivity index (χ4v) is 1.82. The van der Waals surface area contributed by atoms with Crippen molar-refractivity contribution in [2.75, 3.05) is 23.8 Å². The minimum atomic E-state index is 0.160. The fourth-order valence-electron chi connectivity index (χ4n) is 1.66. The number of hydrogen-bond acceptors (Lipinski definition) is 6. The number of halogens is 1. The number of nitrogens with one attached hydrogen (secondary N) is 2. The maximum Gasteiger partial charge on any atom is 0.229 e. The third-order valence-corrected chi connectivity index (χ3v) is 3.16. The Morgan fingerprint density at radius 1 is 1.14 bits per heavy atom. The molecule has 0 saturated heterocycles. The van der Waals surface area contributed by atoms with E-state index in [-0.39, 0.29) is 11.3 Å². The van der Waals surface area contributed by atoms with Gasteiger partial charge in [0.1, 0.15) is 12.4 Å². The summed E-state index contributed by atoms with van der Waals surface area (Å²) < 4.78 is 5.59. The number of ether oxygens (including phenoxy) is 1. The Morgan fingerprint density at radius 3 is 2.59 bits per heavy atom. The number of aromatic nitrogens is 3. The number of para-hydroxylation sites is 1. The topological polar surface area (TPSA) is 72.0 Å². The van der Waals surface area contributed by atoms with E-state index in [4.69, 9.17) is 16.3 Å². The van der Waals surface area contributed by atoms with Gasteiger partial charge in [-0.2, -0.15) is 15.0 Å². The lowest BCUT2D eigenvalue weighted by molar-refractivity contribution is 0.332. The molecule has 0 unspecified atom stereocenters. The zero-order valence-electron chi connectivity index (χ0n) is 12.7. The zero-order chi connectivity index (χ0) is 15.8. The summed E-state index contributed by atoms with van der Waals surface area (Å²) in [4.78, 5) is 12.4. The number of nitrogens with zero attached hydrogens (tertiary/aromatic N) is 3. The molecule has 1 aromatic heterocycles. The van der Waals surface area contributed by atoms with E-state index >= 15 is 0 Å². The Bertz CT molecular complexity index is 581. The first-order valence-corrected chi connectivity index (χ1v) is 7.65. The second kappa shape index (κ2) is 8.38. The van der Waals surface area contributed by atoms with Crippen molar-refractivity contribution in [2.24, 2.45) is 0 Å². The third-order valence-electron chi connectivity index (χ3n) is 2.99. The Labute approximate surface area is 135 Å². The van der Waals surface area contributed by atoms with Crippen LogP contribution in [-0.2, 0) is 0 Å². The highest BCUT2D eigenvalue weighted by Crippen LogP contribution is 2.11. The molecule has 1 heterocycles. The highest BCUT2D eigenvalue weighted by Gasteiger charge is 2.07. The number of rotatable bonds is 8. The van der Waals surface area contributed by atoms with Crippen molar-refractivity contribution in [1.29, 1.82) is 0 Å². The third kappa shape index (κ3) is 5.37. The van der Waals surface area contributed by atoms with Crippen molar-refractivity contribution in [3.05, 3.63) is 35.6 Å². The van der Waals surface area contributed by atoms with E-state index in [1.807, 2.05) is 30.3 Å². The van der Waals surface area contributed by atoms with E-state index in [9.17, 15) is 0 Å². The lowest BCUT2D eigenvalue weighted by Crippen LogP contribution is -2.18. The van der Waals surface area contributed by atoms with E-state index in [1.165, 1.54) is 0 Å². The highest BCUT2D eigenvalue weighted by molar-refractivity contribution is 6.28. The summed E-state index contributed by atoms with van der Waals surface area (Å²) in [5.41, 5.74) is 0. The average Bonchev–Trinajstić information content (AvgIpc) is 2.52. The Balaban J connectivity index is 1.84. The van der Waals surface area contributed by atoms with E-state index in [1.54, 1.807) is 0 Å². The first kappa shape index (κ1) is 16.3. The standard InChI is InChI=1S/C15H20ClN5O/c1-3-11(2)18-15-20-13(16)19-14(21-15)17-9-10-22-12-7-5-4-6-8-12/h4-8,11H,3,9-10H2,1-2H3,(H2,17,18,19,20,21)/t11-/m1/s1. The summed E-state index contributed by atoms with van der Waals surface area (Å²) in [5, 5.41) is 6.41. The molecule has 0 amide bonds. The second-order valence-electron chi connectivity index (χ2n) is 4.79. The molecule has 0 aliphatic rings. The summed E-state index contributed by atoms with van der Waals surface area (Å²) in [6.07, 6.45) is 0.969. The Kier molecular flexibility index (Phi) is 6.21. The van der Waals surface area contributed by atoms with Gasteiger partial charge in [0.2, 0.25) is 17.2 Å². The van der Waals surface area contributed by atoms with Gasteiger partial charge in [-0.05, 0) is 37.1 Å². The molecule has 0 bridgehead atoms. The van der Waals surface area contributed by atoms with Crippen molar-refractivity contribution in [3.8, 4) is 5.75 Å². The second-order valence-corrected chi connectivity index (χ2v) is 5.13. The quantitative estimate of drug-likeness (QED) is 0.727. The molecule has 2 N–H and O–H groups in total. The van der Waals surface area contributed by atoms with Crippen LogP contribution in [-0.4, -0.2) is 34.1 Å². The largest absolute Gasteiger partial charge is 0.492 e. The number of anilines is 2. The van der Waals surface area contributed by atoms with Crippen LogP contribution in [0.2, 0.25) is 5.28 Å². The van der Waals surface area contributed by atoms with Crippen LogP contribution >= 0.6 is 11.6 Å². The molecule has 6 nitrogen and oxygen atoms in total. The molecule has 0 radical (unpaired) electrons. The molecule has 1 atom stereocenters. The van der Waals surface area contributed by atoms with Crippen LogP contribution in [0.5, 0.6) is 5.75 Å². The van der Waals surface area contributed by atoms with Gasteiger partial charge in [0.15, 0.2) is 0 Å². The number of benzene rings is 1. The molecule has 2 rings (SSSR count). The van der Waals surface area contributed by atoms with Crippen LogP contribution < -0.4 is 15.4 Å². The average molecular weight is 322 g/mol. The monoisotopic (exact) mass is 321 g/mol. The molecule has 0 fully saturated rings. The molecule has 0 aliphatic carbocycles. The van der Waals surface area contributed by atoms with Gasteiger partial charge in [0.25, 0.3) is 0 Å². The Hall–Kier alpha value is -2.08. The van der Waals surface area contributed by atoms with Crippen molar-refractivity contribution in [1.82, 2.24) is 15.0 Å². The summed E-state index contributed by atoms with van der Waals surface area (Å²) in [6.45, 7) is 5.21. The van der Waals surface area contributed by atoms with Crippen LogP contribution in [0, 0.1) is 0 Å². The summed E-state index contributed by atoms with van der Waals surface area (Å²) in [7, 11) is 0. The van der Waals surface area contributed by atoms with Gasteiger partial charge in [-0.1, -0.05) is 25.1 Å². The molecule has 0 saturated carbocycles. The fraction of sp³-hybridized carbons (Fsp3) is 0.400. The van der Waals surface area contributed by atoms with Gasteiger partial charge in [-0.25, -0.2) is 0 Å². The number of hydrogen-bond donors (Lipinski definition) is 2. The van der Waals surface area contributed by atoms with Crippen molar-refractivity contribution >= 4 is 23.5 Å². The summed E-state index contributed by atoms with van der Waals surface area (Å²) >= 11 is 5.91. The van der Waals surface area contributed by atoms with Crippen LogP contribution in [0.15, 0.2) is 30.3 Å². The molecular formula is C15H20ClN5O. The van der Waals surface area contributed by atoms with Gasteiger partial charge in [0.05, 0.1) is 6.54 Å². The van der Waals surface area contributed by atoms with Gasteiger partial charge in [-0.15, -0.1) is 0 Å². The molecular weight excluding hydrogens is 302 g/mol. The minimum Gasteiger partial charge on any atom is -0.492 e. The normalized spacial score (nSPS) is 11.8. The van der Waals surface area contributed by atoms with Gasteiger partial charge >= 0.3 is 0 Å². The van der Waals surface area contributed by atoms with Crippen molar-refractivity contribution < 1.29 is 4.74 Å².